The number of anilines is 2. The number of hydrogen-bond donors (Lipinski definition) is 1. The topological polar surface area (TPSA) is 66.8 Å². The molecule has 0 spiro atoms. The molecule has 0 radical (unpaired) electrons. The Kier molecular flexibility index (Phi) is 4.11. The minimum atomic E-state index is 0.0298. The molecule has 2 aromatic heterocycles. The average molecular weight is 279 g/mol. The number of nitrogens with one attached hydrogen (secondary N) is 1. The van der Waals surface area contributed by atoms with Crippen LogP contribution >= 0.6 is 11.6 Å². The van der Waals surface area contributed by atoms with Crippen LogP contribution in [0.15, 0.2) is 24.5 Å². The highest BCUT2D eigenvalue weighted by Crippen LogP contribution is 2.18. The molecule has 0 aliphatic heterocycles. The van der Waals surface area contributed by atoms with E-state index in [4.69, 9.17) is 11.6 Å². The van der Waals surface area contributed by atoms with Gasteiger partial charge in [-0.15, -0.1) is 0 Å². The van der Waals surface area contributed by atoms with Gasteiger partial charge in [-0.1, -0.05) is 6.07 Å². The summed E-state index contributed by atoms with van der Waals surface area (Å²) in [6.45, 7) is 2.00. The molecular weight excluding hydrogens is 264 g/mol. The molecule has 2 rings (SSSR count). The van der Waals surface area contributed by atoms with Gasteiger partial charge in [-0.25, -0.2) is 0 Å². The zero-order valence-electron chi connectivity index (χ0n) is 11.0. The van der Waals surface area contributed by atoms with Crippen LogP contribution in [0.2, 0.25) is 5.28 Å². The van der Waals surface area contributed by atoms with E-state index in [1.807, 2.05) is 33.2 Å². The van der Waals surface area contributed by atoms with Crippen molar-refractivity contribution in [2.45, 2.75) is 13.0 Å². The van der Waals surface area contributed by atoms with Crippen molar-refractivity contribution in [3.05, 3.63) is 35.4 Å². The Morgan fingerprint density at radius 3 is 2.68 bits per heavy atom. The maximum atomic E-state index is 5.88. The third-order valence-electron chi connectivity index (χ3n) is 2.53. The van der Waals surface area contributed by atoms with Crippen LogP contribution in [0, 0.1) is 0 Å². The van der Waals surface area contributed by atoms with Crippen molar-refractivity contribution in [3.63, 3.8) is 0 Å². The predicted octanol–water partition coefficient (Wildman–Crippen LogP) is 2.16. The molecule has 0 aromatic carbocycles. The second-order valence-electron chi connectivity index (χ2n) is 4.27. The largest absolute Gasteiger partial charge is 0.347 e. The molecule has 0 amide bonds. The smallest absolute Gasteiger partial charge is 0.230 e. The number of nitrogens with zero attached hydrogens (tertiary/aromatic N) is 5. The molecule has 2 heterocycles. The second-order valence-corrected chi connectivity index (χ2v) is 4.61. The third-order valence-corrected chi connectivity index (χ3v) is 2.70. The van der Waals surface area contributed by atoms with E-state index in [0.29, 0.717) is 11.9 Å². The first-order chi connectivity index (χ1) is 9.06. The van der Waals surface area contributed by atoms with Gasteiger partial charge in [0, 0.05) is 26.5 Å². The van der Waals surface area contributed by atoms with E-state index in [2.05, 4.69) is 25.3 Å². The highest BCUT2D eigenvalue weighted by molar-refractivity contribution is 6.28. The van der Waals surface area contributed by atoms with Crippen LogP contribution in [0.1, 0.15) is 18.5 Å². The van der Waals surface area contributed by atoms with Crippen molar-refractivity contribution in [2.24, 2.45) is 0 Å². The second kappa shape index (κ2) is 5.79. The summed E-state index contributed by atoms with van der Waals surface area (Å²) in [4.78, 5) is 18.2. The van der Waals surface area contributed by atoms with Gasteiger partial charge in [0.2, 0.25) is 17.2 Å². The van der Waals surface area contributed by atoms with E-state index >= 15 is 0 Å². The fourth-order valence-electron chi connectivity index (χ4n) is 1.51. The minimum absolute atomic E-state index is 0.0298. The van der Waals surface area contributed by atoms with Crippen LogP contribution in [0.4, 0.5) is 11.9 Å². The maximum absolute atomic E-state index is 5.88. The summed E-state index contributed by atoms with van der Waals surface area (Å²) >= 11 is 5.88. The molecule has 0 saturated heterocycles. The molecule has 0 bridgehead atoms. The first-order valence-corrected chi connectivity index (χ1v) is 6.19. The number of rotatable bonds is 4. The van der Waals surface area contributed by atoms with E-state index in [-0.39, 0.29) is 11.3 Å². The molecule has 2 aromatic rings. The molecule has 19 heavy (non-hydrogen) atoms. The number of halogens is 1. The van der Waals surface area contributed by atoms with Crippen molar-refractivity contribution >= 4 is 23.5 Å². The Hall–Kier alpha value is -1.95. The molecule has 0 aliphatic rings. The molecule has 1 N–H and O–H groups in total. The van der Waals surface area contributed by atoms with E-state index < -0.39 is 0 Å². The van der Waals surface area contributed by atoms with Crippen molar-refractivity contribution < 1.29 is 0 Å². The molecule has 0 aliphatic carbocycles. The van der Waals surface area contributed by atoms with Crippen molar-refractivity contribution in [2.75, 3.05) is 24.3 Å². The highest BCUT2D eigenvalue weighted by atomic mass is 35.5. The Balaban J connectivity index is 2.19. The van der Waals surface area contributed by atoms with Crippen molar-refractivity contribution in [1.82, 2.24) is 19.9 Å². The average Bonchev–Trinajstić information content (AvgIpc) is 2.39. The Bertz CT molecular complexity index is 545. The summed E-state index contributed by atoms with van der Waals surface area (Å²) in [5.74, 6) is 0.959. The van der Waals surface area contributed by atoms with Gasteiger partial charge in [0.05, 0.1) is 6.04 Å². The summed E-state index contributed by atoms with van der Waals surface area (Å²) in [6.07, 6.45) is 3.54. The fourth-order valence-corrected chi connectivity index (χ4v) is 1.67. The van der Waals surface area contributed by atoms with Crippen LogP contribution < -0.4 is 10.2 Å². The SMILES string of the molecule is CC(Nc1nc(Cl)nc(N(C)C)n1)c1cccnc1. The fraction of sp³-hybridized carbons (Fsp3) is 0.333. The molecule has 0 saturated carbocycles. The van der Waals surface area contributed by atoms with Crippen molar-refractivity contribution in [1.29, 1.82) is 0 Å². The number of hydrogen-bond acceptors (Lipinski definition) is 6. The van der Waals surface area contributed by atoms with Crippen LogP contribution in [0.25, 0.3) is 0 Å². The summed E-state index contributed by atoms with van der Waals surface area (Å²) in [5.41, 5.74) is 1.05. The first-order valence-electron chi connectivity index (χ1n) is 5.81. The standard InChI is InChI=1S/C12H15ClN6/c1-8(9-5-4-6-14-7-9)15-11-16-10(13)17-12(18-11)19(2)3/h4-8H,1-3H3,(H,15,16,17,18). The van der Waals surface area contributed by atoms with Crippen LogP contribution in [0.3, 0.4) is 0 Å². The lowest BCUT2D eigenvalue weighted by atomic mass is 10.1. The van der Waals surface area contributed by atoms with Gasteiger partial charge in [0.25, 0.3) is 0 Å². The molecule has 100 valence electrons. The lowest BCUT2D eigenvalue weighted by molar-refractivity contribution is 0.841. The summed E-state index contributed by atoms with van der Waals surface area (Å²) in [5, 5.41) is 3.35. The quantitative estimate of drug-likeness (QED) is 0.924. The molecule has 7 heteroatoms. The Morgan fingerprint density at radius 1 is 1.26 bits per heavy atom. The zero-order valence-corrected chi connectivity index (χ0v) is 11.8. The Morgan fingerprint density at radius 2 is 2.05 bits per heavy atom. The summed E-state index contributed by atoms with van der Waals surface area (Å²) in [7, 11) is 3.69. The maximum Gasteiger partial charge on any atom is 0.230 e. The van der Waals surface area contributed by atoms with Crippen LogP contribution in [0.5, 0.6) is 0 Å². The molecule has 6 nitrogen and oxygen atoms in total. The predicted molar refractivity (Wildman–Crippen MR) is 75.4 cm³/mol. The third kappa shape index (κ3) is 3.51. The van der Waals surface area contributed by atoms with Gasteiger partial charge < -0.3 is 10.2 Å². The lowest BCUT2D eigenvalue weighted by Crippen LogP contribution is -2.16. The molecule has 1 unspecified atom stereocenters. The van der Waals surface area contributed by atoms with Crippen LogP contribution in [-0.2, 0) is 0 Å². The number of pyridine rings is 1. The zero-order chi connectivity index (χ0) is 13.8. The van der Waals surface area contributed by atoms with Gasteiger partial charge in [0.15, 0.2) is 0 Å². The summed E-state index contributed by atoms with van der Waals surface area (Å²) < 4.78 is 0. The van der Waals surface area contributed by atoms with Gasteiger partial charge in [0.1, 0.15) is 0 Å². The van der Waals surface area contributed by atoms with E-state index in [1.165, 1.54) is 0 Å². The minimum Gasteiger partial charge on any atom is -0.347 e. The highest BCUT2D eigenvalue weighted by Gasteiger charge is 2.10. The molecular formula is C12H15ClN6. The Labute approximate surface area is 116 Å². The molecule has 1 atom stereocenters. The van der Waals surface area contributed by atoms with Crippen molar-refractivity contribution in [3.8, 4) is 0 Å². The first kappa shape index (κ1) is 13.5. The van der Waals surface area contributed by atoms with E-state index in [0.717, 1.165) is 5.56 Å². The van der Waals surface area contributed by atoms with Gasteiger partial charge in [-0.2, -0.15) is 15.0 Å². The van der Waals surface area contributed by atoms with E-state index in [9.17, 15) is 0 Å². The number of aromatic nitrogens is 4. The monoisotopic (exact) mass is 278 g/mol. The summed E-state index contributed by atoms with van der Waals surface area (Å²) in [6, 6.07) is 3.90. The van der Waals surface area contributed by atoms with Gasteiger partial charge >= 0.3 is 0 Å². The van der Waals surface area contributed by atoms with E-state index in [1.54, 1.807) is 17.3 Å². The lowest BCUT2D eigenvalue weighted by Gasteiger charge is -2.16. The normalized spacial score (nSPS) is 12.0. The van der Waals surface area contributed by atoms with Crippen LogP contribution in [-0.4, -0.2) is 34.0 Å². The van der Waals surface area contributed by atoms with Gasteiger partial charge in [-0.05, 0) is 30.2 Å². The molecule has 0 fully saturated rings. The van der Waals surface area contributed by atoms with Gasteiger partial charge in [-0.3, -0.25) is 4.98 Å².